The fraction of sp³-hybridized carbons (Fsp3) is 0.0625. The van der Waals surface area contributed by atoms with Gasteiger partial charge in [-0.3, -0.25) is 10.8 Å². The maximum Gasteiger partial charge on any atom is 0.142 e. The highest BCUT2D eigenvalue weighted by Gasteiger charge is 2.19. The molecule has 0 aliphatic heterocycles. The molecule has 1 aromatic heterocycles. The van der Waals surface area contributed by atoms with Crippen LogP contribution in [0.4, 0.5) is 4.39 Å². The third-order valence-electron chi connectivity index (χ3n) is 3.47. The molecule has 21 heavy (non-hydrogen) atoms. The lowest BCUT2D eigenvalue weighted by Crippen LogP contribution is -2.29. The second kappa shape index (κ2) is 5.77. The minimum atomic E-state index is -0.470. The van der Waals surface area contributed by atoms with Gasteiger partial charge in [-0.25, -0.2) is 9.82 Å². The molecule has 0 radical (unpaired) electrons. The van der Waals surface area contributed by atoms with Crippen LogP contribution < -0.4 is 11.3 Å². The minimum absolute atomic E-state index is 0.0633. The number of benzene rings is 2. The van der Waals surface area contributed by atoms with E-state index >= 15 is 0 Å². The van der Waals surface area contributed by atoms with Crippen LogP contribution in [0.2, 0.25) is 5.02 Å². The number of nitrogens with two attached hydrogens (primary N) is 1. The summed E-state index contributed by atoms with van der Waals surface area (Å²) in [6.07, 6.45) is 3.49. The Morgan fingerprint density at radius 2 is 1.86 bits per heavy atom. The summed E-state index contributed by atoms with van der Waals surface area (Å²) >= 11 is 6.08. The van der Waals surface area contributed by atoms with E-state index < -0.39 is 11.9 Å². The molecule has 0 bridgehead atoms. The lowest BCUT2D eigenvalue weighted by atomic mass is 9.96. The Kier molecular flexibility index (Phi) is 3.84. The quantitative estimate of drug-likeness (QED) is 0.574. The van der Waals surface area contributed by atoms with Crippen LogP contribution >= 0.6 is 11.6 Å². The molecular formula is C16H13ClFN3. The van der Waals surface area contributed by atoms with E-state index in [9.17, 15) is 4.39 Å². The average molecular weight is 302 g/mol. The van der Waals surface area contributed by atoms with E-state index in [4.69, 9.17) is 17.4 Å². The van der Waals surface area contributed by atoms with Crippen LogP contribution in [0.15, 0.2) is 54.9 Å². The first-order valence-corrected chi connectivity index (χ1v) is 6.83. The fourth-order valence-corrected chi connectivity index (χ4v) is 2.70. The number of hydrogen-bond donors (Lipinski definition) is 2. The molecule has 0 fully saturated rings. The summed E-state index contributed by atoms with van der Waals surface area (Å²) < 4.78 is 13.7. The maximum absolute atomic E-state index is 13.7. The number of nitrogens with zero attached hydrogens (tertiary/aromatic N) is 1. The predicted octanol–water partition coefficient (Wildman–Crippen LogP) is 3.58. The van der Waals surface area contributed by atoms with E-state index in [0.717, 1.165) is 16.3 Å². The van der Waals surface area contributed by atoms with Gasteiger partial charge < -0.3 is 0 Å². The Morgan fingerprint density at radius 1 is 1.05 bits per heavy atom. The van der Waals surface area contributed by atoms with Crippen molar-refractivity contribution in [2.45, 2.75) is 6.04 Å². The summed E-state index contributed by atoms with van der Waals surface area (Å²) in [7, 11) is 0. The minimum Gasteiger partial charge on any atom is -0.271 e. The number of halogens is 2. The fourth-order valence-electron chi connectivity index (χ4n) is 2.46. The Hall–Kier alpha value is -2.01. The number of nitrogens with one attached hydrogen (secondary N) is 1. The van der Waals surface area contributed by atoms with Gasteiger partial charge in [0.2, 0.25) is 0 Å². The molecule has 1 heterocycles. The maximum atomic E-state index is 13.7. The van der Waals surface area contributed by atoms with Gasteiger partial charge in [0, 0.05) is 23.3 Å². The van der Waals surface area contributed by atoms with Crippen molar-refractivity contribution in [2.75, 3.05) is 0 Å². The predicted molar refractivity (Wildman–Crippen MR) is 82.3 cm³/mol. The van der Waals surface area contributed by atoms with E-state index in [-0.39, 0.29) is 5.02 Å². The number of hydrazine groups is 1. The zero-order valence-electron chi connectivity index (χ0n) is 11.1. The van der Waals surface area contributed by atoms with Crippen LogP contribution in [0.1, 0.15) is 17.2 Å². The molecule has 1 atom stereocenters. The first-order chi connectivity index (χ1) is 10.2. The van der Waals surface area contributed by atoms with Gasteiger partial charge in [0.25, 0.3) is 0 Å². The molecule has 106 valence electrons. The molecule has 3 aromatic rings. The van der Waals surface area contributed by atoms with E-state index in [1.54, 1.807) is 24.5 Å². The number of fused-ring (bicyclic) bond motifs is 1. The lowest BCUT2D eigenvalue weighted by Gasteiger charge is -2.19. The Morgan fingerprint density at radius 3 is 2.67 bits per heavy atom. The lowest BCUT2D eigenvalue weighted by molar-refractivity contribution is 0.606. The highest BCUT2D eigenvalue weighted by molar-refractivity contribution is 6.31. The number of hydrogen-bond acceptors (Lipinski definition) is 3. The highest BCUT2D eigenvalue weighted by Crippen LogP contribution is 2.32. The van der Waals surface area contributed by atoms with Gasteiger partial charge in [0.1, 0.15) is 5.82 Å². The molecule has 3 N–H and O–H groups in total. The first-order valence-electron chi connectivity index (χ1n) is 6.45. The normalized spacial score (nSPS) is 12.5. The molecule has 0 aliphatic carbocycles. The molecule has 0 saturated heterocycles. The van der Waals surface area contributed by atoms with Crippen molar-refractivity contribution in [2.24, 2.45) is 5.84 Å². The van der Waals surface area contributed by atoms with Crippen molar-refractivity contribution < 1.29 is 4.39 Å². The van der Waals surface area contributed by atoms with Gasteiger partial charge in [-0.2, -0.15) is 0 Å². The first kappa shape index (κ1) is 13.9. The molecule has 0 amide bonds. The molecule has 0 spiro atoms. The Bertz CT molecular complexity index is 786. The van der Waals surface area contributed by atoms with Gasteiger partial charge in [-0.05, 0) is 17.0 Å². The van der Waals surface area contributed by atoms with Gasteiger partial charge in [0.15, 0.2) is 0 Å². The Labute approximate surface area is 126 Å². The monoisotopic (exact) mass is 301 g/mol. The van der Waals surface area contributed by atoms with E-state index in [1.807, 2.05) is 24.3 Å². The van der Waals surface area contributed by atoms with Crippen LogP contribution in [-0.4, -0.2) is 4.98 Å². The number of aromatic nitrogens is 1. The smallest absolute Gasteiger partial charge is 0.142 e. The summed E-state index contributed by atoms with van der Waals surface area (Å²) in [5, 5.41) is 2.05. The van der Waals surface area contributed by atoms with Crippen molar-refractivity contribution in [3.05, 3.63) is 76.8 Å². The van der Waals surface area contributed by atoms with Crippen LogP contribution in [-0.2, 0) is 0 Å². The zero-order chi connectivity index (χ0) is 14.8. The highest BCUT2D eigenvalue weighted by atomic mass is 35.5. The van der Waals surface area contributed by atoms with Gasteiger partial charge in [-0.1, -0.05) is 48.0 Å². The molecule has 3 nitrogen and oxygen atoms in total. The van der Waals surface area contributed by atoms with E-state index in [0.29, 0.717) is 5.56 Å². The number of pyridine rings is 1. The largest absolute Gasteiger partial charge is 0.271 e. The van der Waals surface area contributed by atoms with E-state index in [2.05, 4.69) is 10.4 Å². The molecule has 0 saturated carbocycles. The topological polar surface area (TPSA) is 50.9 Å². The molecule has 5 heteroatoms. The van der Waals surface area contributed by atoms with Crippen molar-refractivity contribution in [3.63, 3.8) is 0 Å². The van der Waals surface area contributed by atoms with Gasteiger partial charge >= 0.3 is 0 Å². The van der Waals surface area contributed by atoms with Gasteiger partial charge in [0.05, 0.1) is 11.1 Å². The van der Waals surface area contributed by atoms with Crippen molar-refractivity contribution in [1.29, 1.82) is 0 Å². The van der Waals surface area contributed by atoms with E-state index in [1.165, 1.54) is 6.07 Å². The molecule has 3 rings (SSSR count). The SMILES string of the molecule is NNC(c1cccc(F)c1Cl)c1cncc2ccccc12. The summed E-state index contributed by atoms with van der Waals surface area (Å²) in [4.78, 5) is 4.23. The third-order valence-corrected chi connectivity index (χ3v) is 3.87. The number of rotatable bonds is 3. The third kappa shape index (κ3) is 2.49. The summed E-state index contributed by atoms with van der Waals surface area (Å²) in [5.74, 6) is 5.22. The summed E-state index contributed by atoms with van der Waals surface area (Å²) in [5.41, 5.74) is 4.13. The molecule has 0 aliphatic rings. The zero-order valence-corrected chi connectivity index (χ0v) is 11.8. The molecule has 2 aromatic carbocycles. The van der Waals surface area contributed by atoms with Crippen molar-refractivity contribution in [1.82, 2.24) is 10.4 Å². The second-order valence-corrected chi connectivity index (χ2v) is 5.07. The van der Waals surface area contributed by atoms with Crippen LogP contribution in [0.5, 0.6) is 0 Å². The standard InChI is InChI=1S/C16H13ClFN3/c17-15-12(6-3-7-14(15)18)16(21-19)13-9-20-8-10-4-1-2-5-11(10)13/h1-9,16,21H,19H2. The average Bonchev–Trinajstić information content (AvgIpc) is 2.52. The van der Waals surface area contributed by atoms with Crippen LogP contribution in [0, 0.1) is 5.82 Å². The Balaban J connectivity index is 2.21. The summed E-state index contributed by atoms with van der Waals surface area (Å²) in [6.45, 7) is 0. The van der Waals surface area contributed by atoms with Gasteiger partial charge in [-0.15, -0.1) is 0 Å². The molecule has 1 unspecified atom stereocenters. The second-order valence-electron chi connectivity index (χ2n) is 4.69. The van der Waals surface area contributed by atoms with Crippen molar-refractivity contribution >= 4 is 22.4 Å². The van der Waals surface area contributed by atoms with Crippen LogP contribution in [0.3, 0.4) is 0 Å². The van der Waals surface area contributed by atoms with Crippen molar-refractivity contribution in [3.8, 4) is 0 Å². The summed E-state index contributed by atoms with van der Waals surface area (Å²) in [6, 6.07) is 12.1. The molecular weight excluding hydrogens is 289 g/mol. The van der Waals surface area contributed by atoms with Crippen LogP contribution in [0.25, 0.3) is 10.8 Å².